The molecule has 0 atom stereocenters. The second kappa shape index (κ2) is 5.85. The third-order valence-corrected chi connectivity index (χ3v) is 4.72. The first-order valence-corrected chi connectivity index (χ1v) is 7.74. The van der Waals surface area contributed by atoms with E-state index >= 15 is 0 Å². The topological polar surface area (TPSA) is 75.4 Å². The summed E-state index contributed by atoms with van der Waals surface area (Å²) < 4.78 is 39.4. The molecule has 1 aliphatic rings. The Labute approximate surface area is 112 Å². The SMILES string of the molecule is Nc1cc(F)ccc1S(=O)(=O)NCCN1CCCC1. The number of nitrogen functional groups attached to an aromatic ring is 1. The third kappa shape index (κ3) is 3.65. The highest BCUT2D eigenvalue weighted by Crippen LogP contribution is 2.18. The van der Waals surface area contributed by atoms with E-state index in [4.69, 9.17) is 5.73 Å². The van der Waals surface area contributed by atoms with E-state index in [2.05, 4.69) is 9.62 Å². The van der Waals surface area contributed by atoms with Gasteiger partial charge in [-0.25, -0.2) is 17.5 Å². The monoisotopic (exact) mass is 287 g/mol. The number of nitrogens with one attached hydrogen (secondary N) is 1. The van der Waals surface area contributed by atoms with Gasteiger partial charge in [-0.15, -0.1) is 0 Å². The molecule has 1 aromatic carbocycles. The number of nitrogens with two attached hydrogens (primary N) is 1. The first-order chi connectivity index (χ1) is 8.99. The van der Waals surface area contributed by atoms with Gasteiger partial charge in [0, 0.05) is 13.1 Å². The van der Waals surface area contributed by atoms with E-state index < -0.39 is 15.8 Å². The van der Waals surface area contributed by atoms with Crippen LogP contribution in [0.25, 0.3) is 0 Å². The van der Waals surface area contributed by atoms with Gasteiger partial charge in [0.1, 0.15) is 10.7 Å². The summed E-state index contributed by atoms with van der Waals surface area (Å²) in [6.07, 6.45) is 2.33. The lowest BCUT2D eigenvalue weighted by atomic mass is 10.3. The largest absolute Gasteiger partial charge is 0.398 e. The fourth-order valence-corrected chi connectivity index (χ4v) is 3.32. The highest BCUT2D eigenvalue weighted by atomic mass is 32.2. The fourth-order valence-electron chi connectivity index (χ4n) is 2.19. The summed E-state index contributed by atoms with van der Waals surface area (Å²) in [5.41, 5.74) is 5.46. The molecule has 0 bridgehead atoms. The van der Waals surface area contributed by atoms with Gasteiger partial charge in [0.25, 0.3) is 0 Å². The molecule has 0 spiro atoms. The van der Waals surface area contributed by atoms with Crippen LogP contribution in [0.3, 0.4) is 0 Å². The van der Waals surface area contributed by atoms with Crippen LogP contribution in [0.1, 0.15) is 12.8 Å². The van der Waals surface area contributed by atoms with Crippen LogP contribution in [0.5, 0.6) is 0 Å². The zero-order chi connectivity index (χ0) is 13.9. The van der Waals surface area contributed by atoms with E-state index in [1.807, 2.05) is 0 Å². The van der Waals surface area contributed by atoms with Gasteiger partial charge in [-0.1, -0.05) is 0 Å². The van der Waals surface area contributed by atoms with Gasteiger partial charge in [-0.3, -0.25) is 0 Å². The van der Waals surface area contributed by atoms with Crippen molar-refractivity contribution in [1.82, 2.24) is 9.62 Å². The van der Waals surface area contributed by atoms with Crippen LogP contribution >= 0.6 is 0 Å². The van der Waals surface area contributed by atoms with Crippen LogP contribution in [-0.4, -0.2) is 39.5 Å². The van der Waals surface area contributed by atoms with Gasteiger partial charge in [0.05, 0.1) is 5.69 Å². The van der Waals surface area contributed by atoms with E-state index in [1.165, 1.54) is 6.07 Å². The quantitative estimate of drug-likeness (QED) is 0.785. The highest BCUT2D eigenvalue weighted by molar-refractivity contribution is 7.89. The van der Waals surface area contributed by atoms with Crippen molar-refractivity contribution >= 4 is 15.7 Å². The molecule has 7 heteroatoms. The molecule has 0 unspecified atom stereocenters. The van der Waals surface area contributed by atoms with Gasteiger partial charge < -0.3 is 10.6 Å². The summed E-state index contributed by atoms with van der Waals surface area (Å²) in [7, 11) is -3.67. The molecule has 1 saturated heterocycles. The van der Waals surface area contributed by atoms with Gasteiger partial charge in [0.2, 0.25) is 10.0 Å². The van der Waals surface area contributed by atoms with Crippen molar-refractivity contribution in [2.45, 2.75) is 17.7 Å². The molecule has 1 aliphatic heterocycles. The van der Waals surface area contributed by atoms with Crippen molar-refractivity contribution in [2.75, 3.05) is 31.9 Å². The van der Waals surface area contributed by atoms with Gasteiger partial charge in [0.15, 0.2) is 0 Å². The van der Waals surface area contributed by atoms with Crippen LogP contribution < -0.4 is 10.5 Å². The van der Waals surface area contributed by atoms with E-state index in [0.29, 0.717) is 13.1 Å². The maximum Gasteiger partial charge on any atom is 0.242 e. The van der Waals surface area contributed by atoms with Crippen LogP contribution in [0, 0.1) is 5.82 Å². The zero-order valence-electron chi connectivity index (χ0n) is 10.6. The summed E-state index contributed by atoms with van der Waals surface area (Å²) in [4.78, 5) is 2.13. The number of halogens is 1. The van der Waals surface area contributed by atoms with E-state index in [9.17, 15) is 12.8 Å². The van der Waals surface area contributed by atoms with E-state index in [1.54, 1.807) is 0 Å². The maximum absolute atomic E-state index is 12.9. The molecular weight excluding hydrogens is 269 g/mol. The lowest BCUT2D eigenvalue weighted by Crippen LogP contribution is -2.33. The molecule has 2 rings (SSSR count). The van der Waals surface area contributed by atoms with Crippen LogP contribution in [0.2, 0.25) is 0 Å². The molecule has 3 N–H and O–H groups in total. The predicted octanol–water partition coefficient (Wildman–Crippen LogP) is 0.782. The Kier molecular flexibility index (Phi) is 4.38. The average Bonchev–Trinajstić information content (AvgIpc) is 2.81. The Morgan fingerprint density at radius 2 is 2.00 bits per heavy atom. The minimum atomic E-state index is -3.67. The Bertz CT molecular complexity index is 542. The Morgan fingerprint density at radius 1 is 1.32 bits per heavy atom. The average molecular weight is 287 g/mol. The number of anilines is 1. The minimum absolute atomic E-state index is 0.0738. The molecule has 0 amide bonds. The first kappa shape index (κ1) is 14.2. The lowest BCUT2D eigenvalue weighted by Gasteiger charge is -2.15. The molecule has 0 radical (unpaired) electrons. The van der Waals surface area contributed by atoms with Crippen molar-refractivity contribution < 1.29 is 12.8 Å². The number of hydrogen-bond acceptors (Lipinski definition) is 4. The highest BCUT2D eigenvalue weighted by Gasteiger charge is 2.18. The van der Waals surface area contributed by atoms with Gasteiger partial charge in [-0.2, -0.15) is 0 Å². The standard InChI is InChI=1S/C12H18FN3O2S/c13-10-3-4-12(11(14)9-10)19(17,18)15-5-8-16-6-1-2-7-16/h3-4,9,15H,1-2,5-8,14H2. The maximum atomic E-state index is 12.9. The number of hydrogen-bond donors (Lipinski definition) is 2. The molecule has 1 fully saturated rings. The second-order valence-electron chi connectivity index (χ2n) is 4.63. The number of nitrogens with zero attached hydrogens (tertiary/aromatic N) is 1. The first-order valence-electron chi connectivity index (χ1n) is 6.26. The number of sulfonamides is 1. The second-order valence-corrected chi connectivity index (χ2v) is 6.36. The lowest BCUT2D eigenvalue weighted by molar-refractivity contribution is 0.344. The van der Waals surface area contributed by atoms with Gasteiger partial charge in [-0.05, 0) is 44.1 Å². The molecule has 5 nitrogen and oxygen atoms in total. The number of benzene rings is 1. The summed E-state index contributed by atoms with van der Waals surface area (Å²) in [6, 6.07) is 3.28. The van der Waals surface area contributed by atoms with Crippen LogP contribution in [-0.2, 0) is 10.0 Å². The molecule has 0 saturated carbocycles. The van der Waals surface area contributed by atoms with Crippen molar-refractivity contribution in [3.63, 3.8) is 0 Å². The van der Waals surface area contributed by atoms with Crippen molar-refractivity contribution in [1.29, 1.82) is 0 Å². The fraction of sp³-hybridized carbons (Fsp3) is 0.500. The molecule has 0 aliphatic carbocycles. The smallest absolute Gasteiger partial charge is 0.242 e. The van der Waals surface area contributed by atoms with E-state index in [-0.39, 0.29) is 10.6 Å². The van der Waals surface area contributed by atoms with E-state index in [0.717, 1.165) is 38.1 Å². The molecule has 19 heavy (non-hydrogen) atoms. The predicted molar refractivity (Wildman–Crippen MR) is 71.7 cm³/mol. The Morgan fingerprint density at radius 3 is 2.63 bits per heavy atom. The summed E-state index contributed by atoms with van der Waals surface area (Å²) in [6.45, 7) is 3.04. The summed E-state index contributed by atoms with van der Waals surface area (Å²) >= 11 is 0. The molecule has 0 aromatic heterocycles. The summed E-state index contributed by atoms with van der Waals surface area (Å²) in [5.74, 6) is -0.548. The Hall–Kier alpha value is -1.18. The summed E-state index contributed by atoms with van der Waals surface area (Å²) in [5, 5.41) is 0. The third-order valence-electron chi connectivity index (χ3n) is 3.18. The zero-order valence-corrected chi connectivity index (χ0v) is 11.4. The Balaban J connectivity index is 1.97. The molecule has 1 heterocycles. The van der Waals surface area contributed by atoms with Crippen molar-refractivity contribution in [2.24, 2.45) is 0 Å². The van der Waals surface area contributed by atoms with Crippen molar-refractivity contribution in [3.05, 3.63) is 24.0 Å². The molecular formula is C12H18FN3O2S. The van der Waals surface area contributed by atoms with Gasteiger partial charge >= 0.3 is 0 Å². The van der Waals surface area contributed by atoms with Crippen LogP contribution in [0.4, 0.5) is 10.1 Å². The minimum Gasteiger partial charge on any atom is -0.398 e. The number of rotatable bonds is 5. The normalized spacial score (nSPS) is 16.9. The number of likely N-dealkylation sites (tertiary alicyclic amines) is 1. The van der Waals surface area contributed by atoms with Crippen LogP contribution in [0.15, 0.2) is 23.1 Å². The molecule has 106 valence electrons. The molecule has 1 aromatic rings. The van der Waals surface area contributed by atoms with Crippen molar-refractivity contribution in [3.8, 4) is 0 Å².